The average molecular weight is 232 g/mol. The molecule has 0 bridgehead atoms. The molecule has 0 saturated heterocycles. The predicted octanol–water partition coefficient (Wildman–Crippen LogP) is 2.48. The predicted molar refractivity (Wildman–Crippen MR) is 62.2 cm³/mol. The van der Waals surface area contributed by atoms with Crippen LogP contribution in [0.15, 0.2) is 22.8 Å². The fraction of sp³-hybridized carbons (Fsp3) is 0.538. The van der Waals surface area contributed by atoms with Crippen molar-refractivity contribution in [1.29, 1.82) is 5.26 Å². The highest BCUT2D eigenvalue weighted by atomic mass is 16.3. The largest absolute Gasteiger partial charge is 0.459 e. The van der Waals surface area contributed by atoms with E-state index in [-0.39, 0.29) is 11.7 Å². The van der Waals surface area contributed by atoms with Gasteiger partial charge in [0.25, 0.3) is 5.91 Å². The van der Waals surface area contributed by atoms with Gasteiger partial charge in [-0.3, -0.25) is 4.79 Å². The number of amides is 1. The third-order valence-electron chi connectivity index (χ3n) is 3.44. The average Bonchev–Trinajstić information content (AvgIpc) is 2.86. The highest BCUT2D eigenvalue weighted by molar-refractivity contribution is 5.92. The standard InChI is InChI=1S/C13H16N2O2/c1-10-4-6-13(9-14,7-5-10)15-12(16)11-3-2-8-17-11/h2-3,8,10H,4-7H2,1H3,(H,15,16). The van der Waals surface area contributed by atoms with Gasteiger partial charge in [0.1, 0.15) is 5.54 Å². The maximum Gasteiger partial charge on any atom is 0.288 e. The number of nitriles is 1. The molecule has 0 aromatic carbocycles. The van der Waals surface area contributed by atoms with Crippen LogP contribution in [0.2, 0.25) is 0 Å². The van der Waals surface area contributed by atoms with Gasteiger partial charge in [0.15, 0.2) is 5.76 Å². The summed E-state index contributed by atoms with van der Waals surface area (Å²) in [4.78, 5) is 11.9. The van der Waals surface area contributed by atoms with E-state index in [9.17, 15) is 10.1 Å². The molecule has 1 amide bonds. The Labute approximate surface area is 101 Å². The molecule has 1 fully saturated rings. The maximum atomic E-state index is 11.9. The molecule has 0 radical (unpaired) electrons. The van der Waals surface area contributed by atoms with Crippen LogP contribution in [0, 0.1) is 17.2 Å². The Morgan fingerprint density at radius 3 is 2.82 bits per heavy atom. The van der Waals surface area contributed by atoms with E-state index in [0.29, 0.717) is 5.92 Å². The van der Waals surface area contributed by atoms with E-state index < -0.39 is 5.54 Å². The molecule has 4 nitrogen and oxygen atoms in total. The SMILES string of the molecule is CC1CCC(C#N)(NC(=O)c2ccco2)CC1. The number of carbonyl (C=O) groups is 1. The highest BCUT2D eigenvalue weighted by Gasteiger charge is 2.36. The minimum absolute atomic E-state index is 0.262. The van der Waals surface area contributed by atoms with Crippen LogP contribution in [0.1, 0.15) is 43.2 Å². The van der Waals surface area contributed by atoms with Gasteiger partial charge < -0.3 is 9.73 Å². The van der Waals surface area contributed by atoms with Crippen LogP contribution in [-0.2, 0) is 0 Å². The molecule has 1 aliphatic carbocycles. The Morgan fingerprint density at radius 1 is 1.59 bits per heavy atom. The summed E-state index contributed by atoms with van der Waals surface area (Å²) in [6, 6.07) is 5.52. The van der Waals surface area contributed by atoms with Crippen LogP contribution in [0.25, 0.3) is 0 Å². The summed E-state index contributed by atoms with van der Waals surface area (Å²) in [5.41, 5.74) is -0.712. The van der Waals surface area contributed by atoms with Crippen molar-refractivity contribution >= 4 is 5.91 Å². The summed E-state index contributed by atoms with van der Waals surface area (Å²) in [7, 11) is 0. The molecular weight excluding hydrogens is 216 g/mol. The van der Waals surface area contributed by atoms with Crippen LogP contribution < -0.4 is 5.32 Å². The molecule has 1 heterocycles. The smallest absolute Gasteiger partial charge is 0.288 e. The molecule has 1 aliphatic rings. The molecule has 1 aromatic heterocycles. The molecule has 1 N–H and O–H groups in total. The maximum absolute atomic E-state index is 11.9. The van der Waals surface area contributed by atoms with Crippen molar-refractivity contribution in [3.63, 3.8) is 0 Å². The van der Waals surface area contributed by atoms with Crippen molar-refractivity contribution in [3.05, 3.63) is 24.2 Å². The minimum Gasteiger partial charge on any atom is -0.459 e. The van der Waals surface area contributed by atoms with Crippen LogP contribution in [0.4, 0.5) is 0 Å². The van der Waals surface area contributed by atoms with E-state index in [0.717, 1.165) is 25.7 Å². The number of carbonyl (C=O) groups excluding carboxylic acids is 1. The van der Waals surface area contributed by atoms with Gasteiger partial charge in [0.2, 0.25) is 0 Å². The van der Waals surface area contributed by atoms with E-state index in [1.54, 1.807) is 12.1 Å². The summed E-state index contributed by atoms with van der Waals surface area (Å²) in [5.74, 6) is 0.598. The number of nitrogens with zero attached hydrogens (tertiary/aromatic N) is 1. The minimum atomic E-state index is -0.712. The summed E-state index contributed by atoms with van der Waals surface area (Å²) in [6.45, 7) is 2.18. The number of furan rings is 1. The zero-order chi connectivity index (χ0) is 12.3. The van der Waals surface area contributed by atoms with Crippen LogP contribution >= 0.6 is 0 Å². The molecule has 0 atom stereocenters. The van der Waals surface area contributed by atoms with Gasteiger partial charge in [-0.05, 0) is 43.7 Å². The highest BCUT2D eigenvalue weighted by Crippen LogP contribution is 2.31. The van der Waals surface area contributed by atoms with Crippen molar-refractivity contribution < 1.29 is 9.21 Å². The molecule has 4 heteroatoms. The zero-order valence-corrected chi connectivity index (χ0v) is 9.90. The van der Waals surface area contributed by atoms with E-state index in [1.165, 1.54) is 6.26 Å². The number of hydrogen-bond donors (Lipinski definition) is 1. The molecular formula is C13H16N2O2. The second kappa shape index (κ2) is 4.62. The Bertz CT molecular complexity index is 423. The lowest BCUT2D eigenvalue weighted by molar-refractivity contribution is 0.0865. The van der Waals surface area contributed by atoms with E-state index in [2.05, 4.69) is 18.3 Å². The Hall–Kier alpha value is -1.76. The number of hydrogen-bond acceptors (Lipinski definition) is 3. The fourth-order valence-corrected chi connectivity index (χ4v) is 2.21. The summed E-state index contributed by atoms with van der Waals surface area (Å²) in [6.07, 6.45) is 4.85. The van der Waals surface area contributed by atoms with Crippen molar-refractivity contribution in [2.45, 2.75) is 38.1 Å². The first kappa shape index (κ1) is 11.7. The lowest BCUT2D eigenvalue weighted by Gasteiger charge is -2.34. The Balaban J connectivity index is 2.06. The second-order valence-corrected chi connectivity index (χ2v) is 4.81. The number of nitrogens with one attached hydrogen (secondary N) is 1. The van der Waals surface area contributed by atoms with Gasteiger partial charge in [0, 0.05) is 0 Å². The molecule has 2 rings (SSSR count). The van der Waals surface area contributed by atoms with Gasteiger partial charge in [-0.2, -0.15) is 5.26 Å². The van der Waals surface area contributed by atoms with Crippen molar-refractivity contribution in [3.8, 4) is 6.07 Å². The van der Waals surface area contributed by atoms with E-state index >= 15 is 0 Å². The Morgan fingerprint density at radius 2 is 2.29 bits per heavy atom. The van der Waals surface area contributed by atoms with Crippen LogP contribution in [0.5, 0.6) is 0 Å². The zero-order valence-electron chi connectivity index (χ0n) is 9.90. The van der Waals surface area contributed by atoms with E-state index in [4.69, 9.17) is 4.42 Å². The van der Waals surface area contributed by atoms with Crippen molar-refractivity contribution in [2.75, 3.05) is 0 Å². The summed E-state index contributed by atoms with van der Waals surface area (Å²) < 4.78 is 5.03. The molecule has 1 saturated carbocycles. The lowest BCUT2D eigenvalue weighted by Crippen LogP contribution is -2.49. The van der Waals surface area contributed by atoms with Gasteiger partial charge in [-0.25, -0.2) is 0 Å². The molecule has 0 spiro atoms. The van der Waals surface area contributed by atoms with E-state index in [1.807, 2.05) is 0 Å². The van der Waals surface area contributed by atoms with Crippen LogP contribution in [-0.4, -0.2) is 11.4 Å². The summed E-state index contributed by atoms with van der Waals surface area (Å²) >= 11 is 0. The van der Waals surface area contributed by atoms with Gasteiger partial charge in [-0.15, -0.1) is 0 Å². The van der Waals surface area contributed by atoms with Gasteiger partial charge in [0.05, 0.1) is 12.3 Å². The Kier molecular flexibility index (Phi) is 3.19. The van der Waals surface area contributed by atoms with Gasteiger partial charge in [-0.1, -0.05) is 6.92 Å². The van der Waals surface area contributed by atoms with Gasteiger partial charge >= 0.3 is 0 Å². The molecule has 17 heavy (non-hydrogen) atoms. The molecule has 90 valence electrons. The quantitative estimate of drug-likeness (QED) is 0.851. The monoisotopic (exact) mass is 232 g/mol. The summed E-state index contributed by atoms with van der Waals surface area (Å²) in [5, 5.41) is 12.1. The third-order valence-corrected chi connectivity index (χ3v) is 3.44. The van der Waals surface area contributed by atoms with Crippen molar-refractivity contribution in [1.82, 2.24) is 5.32 Å². The lowest BCUT2D eigenvalue weighted by atomic mass is 9.78. The third kappa shape index (κ3) is 2.50. The molecule has 0 unspecified atom stereocenters. The first-order valence-corrected chi connectivity index (χ1v) is 5.92. The fourth-order valence-electron chi connectivity index (χ4n) is 2.21. The molecule has 0 aliphatic heterocycles. The number of rotatable bonds is 2. The van der Waals surface area contributed by atoms with Crippen molar-refractivity contribution in [2.24, 2.45) is 5.92 Å². The second-order valence-electron chi connectivity index (χ2n) is 4.81. The first-order chi connectivity index (χ1) is 8.15. The van der Waals surface area contributed by atoms with Crippen LogP contribution in [0.3, 0.4) is 0 Å². The topological polar surface area (TPSA) is 66.0 Å². The normalized spacial score (nSPS) is 28.4. The molecule has 1 aromatic rings. The first-order valence-electron chi connectivity index (χ1n) is 5.92.